The molecule has 0 radical (unpaired) electrons. The molecule has 8 heteroatoms. The molecule has 0 unspecified atom stereocenters. The molecule has 3 atom stereocenters. The number of rotatable bonds is 14. The van der Waals surface area contributed by atoms with Gasteiger partial charge >= 0.3 is 6.09 Å². The topological polar surface area (TPSA) is 67.9 Å². The van der Waals surface area contributed by atoms with Crippen LogP contribution in [0.4, 0.5) is 4.79 Å². The van der Waals surface area contributed by atoms with Crippen molar-refractivity contribution in [2.45, 2.75) is 155 Å². The first-order valence-corrected chi connectivity index (χ1v) is 18.5. The molecule has 6 nitrogen and oxygen atoms in total. The predicted molar refractivity (Wildman–Crippen MR) is 161 cm³/mol. The third kappa shape index (κ3) is 13.0. The van der Waals surface area contributed by atoms with Crippen molar-refractivity contribution in [3.8, 4) is 0 Å². The highest BCUT2D eigenvalue weighted by Gasteiger charge is 2.39. The Morgan fingerprint density at radius 2 is 1.57 bits per heavy atom. The van der Waals surface area contributed by atoms with Crippen molar-refractivity contribution in [2.24, 2.45) is 11.8 Å². The maximum absolute atomic E-state index is 13.4. The van der Waals surface area contributed by atoms with Crippen LogP contribution in [0.2, 0.25) is 18.1 Å². The number of carbonyl (C=O) groups is 1. The van der Waals surface area contributed by atoms with Crippen molar-refractivity contribution < 1.29 is 18.2 Å². The third-order valence-corrected chi connectivity index (χ3v) is 13.6. The van der Waals surface area contributed by atoms with Gasteiger partial charge in [-0.3, -0.25) is 0 Å². The average molecular weight is 561 g/mol. The lowest BCUT2D eigenvalue weighted by molar-refractivity contribution is 0.00752. The molecular formula is C29H60N2O4SSi. The molecule has 0 aromatic heterocycles. The van der Waals surface area contributed by atoms with Crippen molar-refractivity contribution in [1.82, 2.24) is 9.62 Å². The van der Waals surface area contributed by atoms with Crippen LogP contribution < -0.4 is 4.72 Å². The summed E-state index contributed by atoms with van der Waals surface area (Å²) in [6.07, 6.45) is 5.83. The van der Waals surface area contributed by atoms with E-state index in [2.05, 4.69) is 52.4 Å². The number of hydrogen-bond donors (Lipinski definition) is 1. The van der Waals surface area contributed by atoms with Crippen LogP contribution in [-0.4, -0.2) is 59.1 Å². The highest BCUT2D eigenvalue weighted by atomic mass is 32.2. The normalized spacial score (nSPS) is 18.0. The van der Waals surface area contributed by atoms with E-state index >= 15 is 0 Å². The molecular weight excluding hydrogens is 500 g/mol. The van der Waals surface area contributed by atoms with Crippen LogP contribution in [-0.2, 0) is 20.1 Å². The van der Waals surface area contributed by atoms with Crippen LogP contribution in [0, 0.1) is 11.8 Å². The fourth-order valence-electron chi connectivity index (χ4n) is 3.77. The lowest BCUT2D eigenvalue weighted by Gasteiger charge is -2.40. The van der Waals surface area contributed by atoms with Crippen LogP contribution in [0.3, 0.4) is 0 Å². The molecule has 220 valence electrons. The van der Waals surface area contributed by atoms with Gasteiger partial charge < -0.3 is 14.1 Å². The summed E-state index contributed by atoms with van der Waals surface area (Å²) < 4.78 is 28.5. The molecule has 1 fully saturated rings. The summed E-state index contributed by atoms with van der Waals surface area (Å²) >= 11 is 0. The molecule has 1 aliphatic carbocycles. The maximum Gasteiger partial charge on any atom is 0.410 e. The van der Waals surface area contributed by atoms with Gasteiger partial charge in [-0.05, 0) is 110 Å². The molecule has 1 amide bonds. The number of nitrogens with zero attached hydrogens (tertiary/aromatic N) is 1. The quantitative estimate of drug-likeness (QED) is 0.221. The minimum atomic E-state index is -1.98. The molecule has 1 rings (SSSR count). The van der Waals surface area contributed by atoms with Crippen molar-refractivity contribution in [1.29, 1.82) is 0 Å². The summed E-state index contributed by atoms with van der Waals surface area (Å²) in [5, 5.41) is 0.101. The third-order valence-electron chi connectivity index (χ3n) is 7.52. The van der Waals surface area contributed by atoms with E-state index < -0.39 is 24.9 Å². The molecule has 0 heterocycles. The second-order valence-corrected chi connectivity index (χ2v) is 21.8. The molecule has 0 bridgehead atoms. The van der Waals surface area contributed by atoms with Gasteiger partial charge in [0.2, 0.25) is 0 Å². The number of ether oxygens (including phenoxy) is 1. The first kappa shape index (κ1) is 34.6. The molecule has 0 spiro atoms. The van der Waals surface area contributed by atoms with E-state index in [0.29, 0.717) is 25.0 Å². The van der Waals surface area contributed by atoms with E-state index in [-0.39, 0.29) is 28.0 Å². The molecule has 0 aliphatic heterocycles. The van der Waals surface area contributed by atoms with E-state index in [9.17, 15) is 9.00 Å². The summed E-state index contributed by atoms with van der Waals surface area (Å²) in [7, 11) is -3.06. The van der Waals surface area contributed by atoms with Gasteiger partial charge in [0.15, 0.2) is 8.32 Å². The molecule has 0 aromatic carbocycles. The minimum absolute atomic E-state index is 0.0457. The Morgan fingerprint density at radius 1 is 1.00 bits per heavy atom. The largest absolute Gasteiger partial charge is 0.444 e. The highest BCUT2D eigenvalue weighted by Crippen LogP contribution is 2.38. The predicted octanol–water partition coefficient (Wildman–Crippen LogP) is 7.66. The van der Waals surface area contributed by atoms with Gasteiger partial charge in [0.1, 0.15) is 5.60 Å². The van der Waals surface area contributed by atoms with E-state index in [1.54, 1.807) is 0 Å². The van der Waals surface area contributed by atoms with Gasteiger partial charge in [-0.15, -0.1) is 0 Å². The molecule has 0 saturated heterocycles. The van der Waals surface area contributed by atoms with Crippen LogP contribution >= 0.6 is 0 Å². The van der Waals surface area contributed by atoms with Gasteiger partial charge in [-0.25, -0.2) is 13.7 Å². The lowest BCUT2D eigenvalue weighted by atomic mass is 10.0. The van der Waals surface area contributed by atoms with Crippen molar-refractivity contribution >= 4 is 25.4 Å². The molecule has 1 aliphatic rings. The van der Waals surface area contributed by atoms with Gasteiger partial charge in [0.25, 0.3) is 0 Å². The van der Waals surface area contributed by atoms with Crippen molar-refractivity contribution in [3.63, 3.8) is 0 Å². The van der Waals surface area contributed by atoms with E-state index in [0.717, 1.165) is 25.7 Å². The van der Waals surface area contributed by atoms with Gasteiger partial charge in [-0.2, -0.15) is 0 Å². The second kappa shape index (κ2) is 13.8. The number of hydrogen-bond acceptors (Lipinski definition) is 4. The molecule has 1 saturated carbocycles. The van der Waals surface area contributed by atoms with E-state index in [4.69, 9.17) is 9.16 Å². The SMILES string of the molecule is CC(C)CCN(C(=O)OC(C)(C)C)[C@@H](CCC[C@@H](N[S@](=O)C(C)(C)C)C1CC1)CO[Si](C)(C)C(C)(C)C. The van der Waals surface area contributed by atoms with E-state index in [1.807, 2.05) is 46.4 Å². The van der Waals surface area contributed by atoms with Crippen LogP contribution in [0.25, 0.3) is 0 Å². The Balaban J connectivity index is 3.07. The highest BCUT2D eigenvalue weighted by molar-refractivity contribution is 7.84. The zero-order valence-electron chi connectivity index (χ0n) is 26.5. The van der Waals surface area contributed by atoms with Crippen molar-refractivity contribution in [2.75, 3.05) is 13.2 Å². The monoisotopic (exact) mass is 560 g/mol. The summed E-state index contributed by atoms with van der Waals surface area (Å²) in [6, 6.07) is 0.211. The second-order valence-electron chi connectivity index (χ2n) is 15.0. The maximum atomic E-state index is 13.4. The number of carbonyl (C=O) groups excluding carboxylic acids is 1. The Bertz CT molecular complexity index is 734. The first-order chi connectivity index (χ1) is 16.6. The standard InChI is InChI=1S/C29H60N2O4SSi/c1-22(2)19-20-31(26(32)35-27(3,4)5)24(21-34-37(12,13)29(9,10)11)15-14-16-25(23-17-18-23)30-36(33)28(6,7)8/h22-25,30H,14-21H2,1-13H3/t24-,25+,36+/m0/s1. The van der Waals surface area contributed by atoms with Gasteiger partial charge in [0, 0.05) is 12.6 Å². The summed E-state index contributed by atoms with van der Waals surface area (Å²) in [6.45, 7) is 28.7. The molecule has 0 aromatic rings. The average Bonchev–Trinajstić information content (AvgIpc) is 3.52. The number of amides is 1. The van der Waals surface area contributed by atoms with Crippen LogP contribution in [0.5, 0.6) is 0 Å². The smallest absolute Gasteiger partial charge is 0.410 e. The van der Waals surface area contributed by atoms with Gasteiger partial charge in [0.05, 0.1) is 28.4 Å². The summed E-state index contributed by atoms with van der Waals surface area (Å²) in [5.41, 5.74) is -0.546. The Hall–Kier alpha value is -0.443. The Labute approximate surface area is 233 Å². The Morgan fingerprint density at radius 3 is 2.00 bits per heavy atom. The minimum Gasteiger partial charge on any atom is -0.444 e. The van der Waals surface area contributed by atoms with E-state index in [1.165, 1.54) is 12.8 Å². The fourth-order valence-corrected chi connectivity index (χ4v) is 5.75. The first-order valence-electron chi connectivity index (χ1n) is 14.5. The zero-order chi connectivity index (χ0) is 28.8. The van der Waals surface area contributed by atoms with Gasteiger partial charge in [-0.1, -0.05) is 34.6 Å². The molecule has 1 N–H and O–H groups in total. The summed E-state index contributed by atoms with van der Waals surface area (Å²) in [4.78, 5) is 15.3. The zero-order valence-corrected chi connectivity index (χ0v) is 28.3. The van der Waals surface area contributed by atoms with Crippen LogP contribution in [0.1, 0.15) is 115 Å². The van der Waals surface area contributed by atoms with Crippen molar-refractivity contribution in [3.05, 3.63) is 0 Å². The lowest BCUT2D eigenvalue weighted by Crippen LogP contribution is -2.50. The fraction of sp³-hybridized carbons (Fsp3) is 0.966. The Kier molecular flexibility index (Phi) is 12.9. The number of nitrogens with one attached hydrogen (secondary N) is 1. The van der Waals surface area contributed by atoms with Crippen LogP contribution in [0.15, 0.2) is 0 Å². The molecule has 37 heavy (non-hydrogen) atoms. The summed E-state index contributed by atoms with van der Waals surface area (Å²) in [5.74, 6) is 1.10.